The van der Waals surface area contributed by atoms with Gasteiger partial charge >= 0.3 is 7.12 Å². The van der Waals surface area contributed by atoms with Crippen molar-refractivity contribution in [3.8, 4) is 0 Å². The number of nitrogens with zero attached hydrogens (tertiary/aromatic N) is 1. The summed E-state index contributed by atoms with van der Waals surface area (Å²) in [6.07, 6.45) is 2.15. The number of halogens is 1. The maximum Gasteiger partial charge on any atom is 0.489 e. The molecule has 0 aliphatic heterocycles. The summed E-state index contributed by atoms with van der Waals surface area (Å²) in [5, 5.41) is 16.7. The Morgan fingerprint density at radius 1 is 1.60 bits per heavy atom. The van der Waals surface area contributed by atoms with Crippen molar-refractivity contribution in [2.75, 3.05) is 0 Å². The molecule has 54 valence electrons. The van der Waals surface area contributed by atoms with E-state index in [1.165, 1.54) is 0 Å². The van der Waals surface area contributed by atoms with Gasteiger partial charge in [0, 0.05) is 6.21 Å². The number of rotatable bonds is 3. The number of aliphatic imine (C=N–C) groups is 1. The van der Waals surface area contributed by atoms with E-state index in [1.807, 2.05) is 0 Å². The molecule has 10 heavy (non-hydrogen) atoms. The second-order valence-corrected chi connectivity index (χ2v) is 1.50. The lowest BCUT2D eigenvalue weighted by Gasteiger charge is -1.91. The zero-order valence-corrected chi connectivity index (χ0v) is 5.24. The van der Waals surface area contributed by atoms with Crippen LogP contribution in [0.1, 0.15) is 0 Å². The predicted octanol–water partition coefficient (Wildman–Crippen LogP) is 0.0661. The van der Waals surface area contributed by atoms with Crippen molar-refractivity contribution in [2.24, 2.45) is 4.99 Å². The first kappa shape index (κ1) is 9.06. The molecule has 0 radical (unpaired) electrons. The largest absolute Gasteiger partial charge is 0.489 e. The summed E-state index contributed by atoms with van der Waals surface area (Å²) in [6, 6.07) is 0. The van der Waals surface area contributed by atoms with Gasteiger partial charge in [0.05, 0.1) is 6.20 Å². The molecule has 0 saturated carbocycles. The van der Waals surface area contributed by atoms with Crippen LogP contribution in [0.3, 0.4) is 0 Å². The van der Waals surface area contributed by atoms with Crippen molar-refractivity contribution in [2.45, 2.75) is 0 Å². The van der Waals surface area contributed by atoms with Crippen molar-refractivity contribution in [1.82, 2.24) is 0 Å². The molecule has 0 spiro atoms. The van der Waals surface area contributed by atoms with Gasteiger partial charge in [-0.1, -0.05) is 6.58 Å². The highest BCUT2D eigenvalue weighted by atomic mass is 19.1. The minimum Gasteiger partial charge on any atom is -0.423 e. The van der Waals surface area contributed by atoms with Gasteiger partial charge in [0.15, 0.2) is 0 Å². The molecule has 0 aliphatic rings. The van der Waals surface area contributed by atoms with Crippen LogP contribution in [0.15, 0.2) is 29.6 Å². The molecule has 5 heteroatoms. The minimum atomic E-state index is -1.63. The molecule has 0 rings (SSSR count). The van der Waals surface area contributed by atoms with Gasteiger partial charge in [0.1, 0.15) is 6.33 Å². The molecule has 0 fully saturated rings. The summed E-state index contributed by atoms with van der Waals surface area (Å²) < 4.78 is 11.2. The van der Waals surface area contributed by atoms with Gasteiger partial charge < -0.3 is 10.0 Å². The first-order valence-electron chi connectivity index (χ1n) is 2.52. The molecular formula is C5H7BFNO2. The highest BCUT2D eigenvalue weighted by Gasteiger charge is 2.07. The van der Waals surface area contributed by atoms with Crippen LogP contribution in [-0.2, 0) is 0 Å². The quantitative estimate of drug-likeness (QED) is 0.433. The third-order valence-corrected chi connectivity index (χ3v) is 0.714. The van der Waals surface area contributed by atoms with Gasteiger partial charge in [-0.25, -0.2) is 4.39 Å². The van der Waals surface area contributed by atoms with Gasteiger partial charge in [-0.05, 0) is 5.47 Å². The molecule has 0 amide bonds. The molecule has 0 aromatic heterocycles. The van der Waals surface area contributed by atoms with Crippen molar-refractivity contribution >= 4 is 13.3 Å². The average molecular weight is 143 g/mol. The summed E-state index contributed by atoms with van der Waals surface area (Å²) in [4.78, 5) is 3.31. The third-order valence-electron chi connectivity index (χ3n) is 0.714. The van der Waals surface area contributed by atoms with Crippen LogP contribution < -0.4 is 0 Å². The molecule has 0 atom stereocenters. The van der Waals surface area contributed by atoms with Crippen LogP contribution in [0.5, 0.6) is 0 Å². The van der Waals surface area contributed by atoms with Gasteiger partial charge in [-0.2, -0.15) is 0 Å². The van der Waals surface area contributed by atoms with Crippen LogP contribution in [0.25, 0.3) is 0 Å². The summed E-state index contributed by atoms with van der Waals surface area (Å²) in [5.41, 5.74) is 0.0121. The molecule has 0 unspecified atom stereocenters. The van der Waals surface area contributed by atoms with Crippen molar-refractivity contribution < 1.29 is 14.4 Å². The van der Waals surface area contributed by atoms with Crippen molar-refractivity contribution in [3.05, 3.63) is 24.6 Å². The molecule has 2 N–H and O–H groups in total. The molecule has 0 saturated heterocycles. The van der Waals surface area contributed by atoms with Crippen LogP contribution in [0.2, 0.25) is 0 Å². The number of allylic oxidation sites excluding steroid dienone is 1. The monoisotopic (exact) mass is 143 g/mol. The Kier molecular flexibility index (Phi) is 4.44. The summed E-state index contributed by atoms with van der Waals surface area (Å²) in [7, 11) is -1.63. The highest BCUT2D eigenvalue weighted by molar-refractivity contribution is 6.56. The first-order valence-corrected chi connectivity index (χ1v) is 2.52. The lowest BCUT2D eigenvalue weighted by atomic mass is 9.82. The number of hydrogen-bond donors (Lipinski definition) is 2. The molecule has 0 aromatic carbocycles. The fourth-order valence-electron chi connectivity index (χ4n) is 0.238. The zero-order chi connectivity index (χ0) is 7.98. The third kappa shape index (κ3) is 4.00. The van der Waals surface area contributed by atoms with Crippen LogP contribution in [-0.4, -0.2) is 23.4 Å². The SMILES string of the molecule is C=C(C=N/C=C/F)B(O)O. The van der Waals surface area contributed by atoms with Crippen molar-refractivity contribution in [3.63, 3.8) is 0 Å². The van der Waals surface area contributed by atoms with Gasteiger partial charge in [0.2, 0.25) is 0 Å². The topological polar surface area (TPSA) is 52.8 Å². The predicted molar refractivity (Wildman–Crippen MR) is 38.1 cm³/mol. The first-order chi connectivity index (χ1) is 4.68. The van der Waals surface area contributed by atoms with E-state index in [0.29, 0.717) is 0 Å². The zero-order valence-electron chi connectivity index (χ0n) is 5.24. The van der Waals surface area contributed by atoms with E-state index in [4.69, 9.17) is 10.0 Å². The lowest BCUT2D eigenvalue weighted by molar-refractivity contribution is 0.422. The molecule has 0 heterocycles. The van der Waals surface area contributed by atoms with Gasteiger partial charge in [0.25, 0.3) is 0 Å². The molecule has 0 aromatic rings. The Labute approximate surface area is 58.4 Å². The number of hydrogen-bond acceptors (Lipinski definition) is 3. The molecule has 3 nitrogen and oxygen atoms in total. The lowest BCUT2D eigenvalue weighted by Crippen LogP contribution is -2.14. The smallest absolute Gasteiger partial charge is 0.423 e. The van der Waals surface area contributed by atoms with E-state index in [-0.39, 0.29) is 11.8 Å². The standard InChI is InChI=1S/C5H7BFNO2/c1-5(6(9)10)4-8-3-2-7/h2-4,9-10H,1H2/b3-2+,8-4?. The fourth-order valence-corrected chi connectivity index (χ4v) is 0.238. The normalized spacial score (nSPS) is 11.1. The Bertz CT molecular complexity index is 167. The Hall–Kier alpha value is -0.935. The molecule has 0 aliphatic carbocycles. The van der Waals surface area contributed by atoms with Crippen LogP contribution >= 0.6 is 0 Å². The van der Waals surface area contributed by atoms with Crippen LogP contribution in [0, 0.1) is 0 Å². The Morgan fingerprint density at radius 2 is 2.20 bits per heavy atom. The second-order valence-electron chi connectivity index (χ2n) is 1.50. The van der Waals surface area contributed by atoms with Gasteiger partial charge in [-0.15, -0.1) is 0 Å². The maximum atomic E-state index is 11.2. The summed E-state index contributed by atoms with van der Waals surface area (Å²) in [6.45, 7) is 3.22. The van der Waals surface area contributed by atoms with E-state index >= 15 is 0 Å². The summed E-state index contributed by atoms with van der Waals surface area (Å²) in [5.74, 6) is 0. The molecular weight excluding hydrogens is 136 g/mol. The molecule has 0 bridgehead atoms. The maximum absolute atomic E-state index is 11.2. The average Bonchev–Trinajstić information content (AvgIpc) is 1.88. The minimum absolute atomic E-state index is 0.0121. The summed E-state index contributed by atoms with van der Waals surface area (Å²) >= 11 is 0. The second kappa shape index (κ2) is 4.90. The van der Waals surface area contributed by atoms with E-state index in [2.05, 4.69) is 11.6 Å². The van der Waals surface area contributed by atoms with E-state index in [1.54, 1.807) is 0 Å². The Morgan fingerprint density at radius 3 is 2.60 bits per heavy atom. The van der Waals surface area contributed by atoms with Crippen LogP contribution in [0.4, 0.5) is 4.39 Å². The van der Waals surface area contributed by atoms with E-state index in [9.17, 15) is 4.39 Å². The van der Waals surface area contributed by atoms with E-state index < -0.39 is 7.12 Å². The highest BCUT2D eigenvalue weighted by Crippen LogP contribution is 1.86. The van der Waals surface area contributed by atoms with Gasteiger partial charge in [-0.3, -0.25) is 4.99 Å². The van der Waals surface area contributed by atoms with Crippen molar-refractivity contribution in [1.29, 1.82) is 0 Å². The fraction of sp³-hybridized carbons (Fsp3) is 0. The Balaban J connectivity index is 3.78. The van der Waals surface area contributed by atoms with E-state index in [0.717, 1.165) is 12.4 Å².